The Bertz CT molecular complexity index is 1210. The van der Waals surface area contributed by atoms with Gasteiger partial charge in [-0.25, -0.2) is 13.2 Å². The molecule has 0 heterocycles. The van der Waals surface area contributed by atoms with E-state index in [2.05, 4.69) is 10.0 Å². The van der Waals surface area contributed by atoms with Crippen LogP contribution in [0, 0.1) is 6.92 Å². The van der Waals surface area contributed by atoms with Crippen molar-refractivity contribution in [1.29, 1.82) is 0 Å². The van der Waals surface area contributed by atoms with Gasteiger partial charge in [0.2, 0.25) is 0 Å². The molecule has 0 aromatic heterocycles. The molecule has 0 unspecified atom stereocenters. The number of halogens is 1. The van der Waals surface area contributed by atoms with Gasteiger partial charge in [0.1, 0.15) is 0 Å². The molecule has 0 aliphatic rings. The lowest BCUT2D eigenvalue weighted by atomic mass is 10.1. The monoisotopic (exact) mass is 444 g/mol. The summed E-state index contributed by atoms with van der Waals surface area (Å²) in [6.07, 6.45) is 0. The Morgan fingerprint density at radius 3 is 2.07 bits per heavy atom. The predicted octanol–water partition coefficient (Wildman–Crippen LogP) is 4.40. The third-order valence-corrected chi connectivity index (χ3v) is 5.89. The average molecular weight is 445 g/mol. The first kappa shape index (κ1) is 21.4. The van der Waals surface area contributed by atoms with Crippen molar-refractivity contribution in [3.05, 3.63) is 88.4 Å². The van der Waals surface area contributed by atoms with Crippen molar-refractivity contribution in [2.75, 3.05) is 10.0 Å². The Morgan fingerprint density at radius 1 is 0.900 bits per heavy atom. The average Bonchev–Trinajstić information content (AvgIpc) is 2.70. The number of rotatable bonds is 6. The van der Waals surface area contributed by atoms with E-state index in [1.165, 1.54) is 54.6 Å². The van der Waals surface area contributed by atoms with E-state index >= 15 is 0 Å². The summed E-state index contributed by atoms with van der Waals surface area (Å²) in [4.78, 5) is 23.4. The molecule has 3 rings (SSSR count). The smallest absolute Gasteiger partial charge is 0.335 e. The van der Waals surface area contributed by atoms with Gasteiger partial charge in [0.25, 0.3) is 15.9 Å². The predicted molar refractivity (Wildman–Crippen MR) is 115 cm³/mol. The van der Waals surface area contributed by atoms with Crippen molar-refractivity contribution in [3.8, 4) is 0 Å². The number of carboxylic acids is 1. The summed E-state index contributed by atoms with van der Waals surface area (Å²) in [5.41, 5.74) is 1.78. The van der Waals surface area contributed by atoms with E-state index in [9.17, 15) is 18.0 Å². The normalized spacial score (nSPS) is 11.0. The SMILES string of the molecule is Cc1ccc(S(=O)(=O)Nc2ccc(C(=O)Nc3ccc(C(=O)O)cc3)cc2Cl)cc1. The van der Waals surface area contributed by atoms with Gasteiger partial charge in [0.15, 0.2) is 0 Å². The summed E-state index contributed by atoms with van der Waals surface area (Å²) in [6, 6.07) is 16.2. The van der Waals surface area contributed by atoms with Gasteiger partial charge in [-0.05, 0) is 61.5 Å². The molecule has 3 aromatic carbocycles. The minimum Gasteiger partial charge on any atom is -0.478 e. The molecule has 30 heavy (non-hydrogen) atoms. The fourth-order valence-electron chi connectivity index (χ4n) is 2.56. The van der Waals surface area contributed by atoms with Crippen LogP contribution in [0.3, 0.4) is 0 Å². The number of hydrogen-bond donors (Lipinski definition) is 3. The van der Waals surface area contributed by atoms with Crippen molar-refractivity contribution in [2.24, 2.45) is 0 Å². The molecule has 0 fully saturated rings. The number of anilines is 2. The van der Waals surface area contributed by atoms with Crippen LogP contribution in [-0.4, -0.2) is 25.4 Å². The van der Waals surface area contributed by atoms with E-state index in [-0.39, 0.29) is 26.7 Å². The largest absolute Gasteiger partial charge is 0.478 e. The van der Waals surface area contributed by atoms with Gasteiger partial charge in [-0.1, -0.05) is 29.3 Å². The van der Waals surface area contributed by atoms with Crippen molar-refractivity contribution in [2.45, 2.75) is 11.8 Å². The van der Waals surface area contributed by atoms with Crippen LogP contribution in [-0.2, 0) is 10.0 Å². The maximum Gasteiger partial charge on any atom is 0.335 e. The molecule has 0 atom stereocenters. The molecule has 7 nitrogen and oxygen atoms in total. The Kier molecular flexibility index (Phi) is 6.09. The number of sulfonamides is 1. The summed E-state index contributed by atoms with van der Waals surface area (Å²) in [6.45, 7) is 1.85. The summed E-state index contributed by atoms with van der Waals surface area (Å²) in [5, 5.41) is 11.6. The van der Waals surface area contributed by atoms with Crippen LogP contribution < -0.4 is 10.0 Å². The number of aryl methyl sites for hydroxylation is 1. The minimum absolute atomic E-state index is 0.0551. The minimum atomic E-state index is -3.83. The third kappa shape index (κ3) is 4.97. The molecular formula is C21H17ClN2O5S. The summed E-state index contributed by atoms with van der Waals surface area (Å²) in [5.74, 6) is -1.55. The standard InChI is InChI=1S/C21H17ClN2O5S/c1-13-2-9-17(10-3-13)30(28,29)24-19-11-6-15(12-18(19)22)20(25)23-16-7-4-14(5-8-16)21(26)27/h2-12,24H,1H3,(H,23,25)(H,26,27). The Labute approximate surface area is 178 Å². The Balaban J connectivity index is 1.75. The van der Waals surface area contributed by atoms with E-state index < -0.39 is 21.9 Å². The molecule has 0 aliphatic heterocycles. The second-order valence-corrected chi connectivity index (χ2v) is 8.54. The lowest BCUT2D eigenvalue weighted by Gasteiger charge is -2.11. The van der Waals surface area contributed by atoms with Crippen LogP contribution in [0.4, 0.5) is 11.4 Å². The molecule has 0 bridgehead atoms. The van der Waals surface area contributed by atoms with E-state index in [0.717, 1.165) is 5.56 Å². The molecule has 3 aromatic rings. The van der Waals surface area contributed by atoms with Crippen molar-refractivity contribution < 1.29 is 23.1 Å². The number of carbonyl (C=O) groups is 2. The molecule has 9 heteroatoms. The Hall–Kier alpha value is -3.36. The molecule has 0 spiro atoms. The zero-order valence-corrected chi connectivity index (χ0v) is 17.3. The van der Waals surface area contributed by atoms with E-state index in [1.54, 1.807) is 12.1 Å². The van der Waals surface area contributed by atoms with Crippen LogP contribution in [0.5, 0.6) is 0 Å². The first-order chi connectivity index (χ1) is 14.2. The van der Waals surface area contributed by atoms with Crippen LogP contribution in [0.25, 0.3) is 0 Å². The number of aromatic carboxylic acids is 1. The molecule has 0 saturated heterocycles. The van der Waals surface area contributed by atoms with Crippen LogP contribution in [0.15, 0.2) is 71.6 Å². The number of carbonyl (C=O) groups excluding carboxylic acids is 1. The molecule has 154 valence electrons. The molecule has 3 N–H and O–H groups in total. The maximum absolute atomic E-state index is 12.5. The highest BCUT2D eigenvalue weighted by molar-refractivity contribution is 7.92. The fourth-order valence-corrected chi connectivity index (χ4v) is 3.92. The van der Waals surface area contributed by atoms with Gasteiger partial charge < -0.3 is 10.4 Å². The summed E-state index contributed by atoms with van der Waals surface area (Å²) in [7, 11) is -3.83. The van der Waals surface area contributed by atoms with E-state index in [1.807, 2.05) is 6.92 Å². The zero-order chi connectivity index (χ0) is 21.9. The number of nitrogens with one attached hydrogen (secondary N) is 2. The van der Waals surface area contributed by atoms with Gasteiger partial charge in [-0.3, -0.25) is 9.52 Å². The summed E-state index contributed by atoms with van der Waals surface area (Å²) < 4.78 is 27.4. The van der Waals surface area contributed by atoms with Crippen molar-refractivity contribution in [3.63, 3.8) is 0 Å². The number of hydrogen-bond acceptors (Lipinski definition) is 4. The Morgan fingerprint density at radius 2 is 1.50 bits per heavy atom. The van der Waals surface area contributed by atoms with Gasteiger partial charge in [0, 0.05) is 11.3 Å². The molecule has 0 aliphatic carbocycles. The number of carboxylic acid groups (broad SMARTS) is 1. The first-order valence-electron chi connectivity index (χ1n) is 8.69. The highest BCUT2D eigenvalue weighted by Crippen LogP contribution is 2.26. The first-order valence-corrected chi connectivity index (χ1v) is 10.6. The quantitative estimate of drug-likeness (QED) is 0.521. The van der Waals surface area contributed by atoms with Gasteiger partial charge in [0.05, 0.1) is 21.2 Å². The van der Waals surface area contributed by atoms with Crippen LogP contribution in [0.1, 0.15) is 26.3 Å². The van der Waals surface area contributed by atoms with Gasteiger partial charge in [-0.2, -0.15) is 0 Å². The fraction of sp³-hybridized carbons (Fsp3) is 0.0476. The maximum atomic E-state index is 12.5. The topological polar surface area (TPSA) is 113 Å². The highest BCUT2D eigenvalue weighted by atomic mass is 35.5. The van der Waals surface area contributed by atoms with Gasteiger partial charge in [-0.15, -0.1) is 0 Å². The highest BCUT2D eigenvalue weighted by Gasteiger charge is 2.17. The molecular weight excluding hydrogens is 428 g/mol. The van der Waals surface area contributed by atoms with E-state index in [0.29, 0.717) is 5.69 Å². The lowest BCUT2D eigenvalue weighted by molar-refractivity contribution is 0.0696. The van der Waals surface area contributed by atoms with E-state index in [4.69, 9.17) is 16.7 Å². The van der Waals surface area contributed by atoms with Gasteiger partial charge >= 0.3 is 5.97 Å². The van der Waals surface area contributed by atoms with Crippen molar-refractivity contribution >= 4 is 44.9 Å². The summed E-state index contributed by atoms with van der Waals surface area (Å²) >= 11 is 6.18. The second kappa shape index (κ2) is 8.56. The second-order valence-electron chi connectivity index (χ2n) is 6.45. The number of amides is 1. The molecule has 0 saturated carbocycles. The van der Waals surface area contributed by atoms with Crippen molar-refractivity contribution in [1.82, 2.24) is 0 Å². The number of benzene rings is 3. The lowest BCUT2D eigenvalue weighted by Crippen LogP contribution is -2.15. The molecule has 0 radical (unpaired) electrons. The third-order valence-electron chi connectivity index (χ3n) is 4.20. The zero-order valence-electron chi connectivity index (χ0n) is 15.7. The van der Waals surface area contributed by atoms with Crippen LogP contribution >= 0.6 is 11.6 Å². The van der Waals surface area contributed by atoms with Crippen LogP contribution in [0.2, 0.25) is 5.02 Å². The molecule has 1 amide bonds.